The topological polar surface area (TPSA) is 61.2 Å². The van der Waals surface area contributed by atoms with E-state index in [0.29, 0.717) is 10.1 Å². The lowest BCUT2D eigenvalue weighted by molar-refractivity contribution is -0.139. The van der Waals surface area contributed by atoms with Gasteiger partial charge in [0.25, 0.3) is 5.56 Å². The van der Waals surface area contributed by atoms with Gasteiger partial charge in [0.05, 0.1) is 23.4 Å². The molecule has 0 bridgehead atoms. The van der Waals surface area contributed by atoms with Crippen molar-refractivity contribution in [3.63, 3.8) is 0 Å². The van der Waals surface area contributed by atoms with Crippen LogP contribution in [0.25, 0.3) is 5.69 Å². The second-order valence-corrected chi connectivity index (χ2v) is 8.45. The van der Waals surface area contributed by atoms with Crippen LogP contribution < -0.4 is 5.56 Å². The van der Waals surface area contributed by atoms with E-state index in [1.165, 1.54) is 18.9 Å². The maximum absolute atomic E-state index is 13.1. The Bertz CT molecular complexity index is 872. The average Bonchev–Trinajstić information content (AvgIpc) is 3.02. The summed E-state index contributed by atoms with van der Waals surface area (Å²) in [5.41, 5.74) is 3.70. The highest BCUT2D eigenvalue weighted by Crippen LogP contribution is 2.31. The van der Waals surface area contributed by atoms with Crippen molar-refractivity contribution in [1.29, 1.82) is 0 Å². The highest BCUT2D eigenvalue weighted by molar-refractivity contribution is 8.00. The van der Waals surface area contributed by atoms with Crippen molar-refractivity contribution in [3.05, 3.63) is 45.4 Å². The van der Waals surface area contributed by atoms with Crippen molar-refractivity contribution in [2.24, 2.45) is 0 Å². The molecule has 132 valence electrons. The van der Waals surface area contributed by atoms with Crippen molar-refractivity contribution < 1.29 is 9.53 Å². The van der Waals surface area contributed by atoms with Gasteiger partial charge in [0.2, 0.25) is 0 Å². The molecule has 1 aliphatic rings. The number of carbonyl (C=O) groups is 1. The van der Waals surface area contributed by atoms with Gasteiger partial charge in [-0.3, -0.25) is 14.2 Å². The number of rotatable bonds is 4. The Labute approximate surface area is 155 Å². The molecule has 0 spiro atoms. The van der Waals surface area contributed by atoms with Crippen molar-refractivity contribution in [3.8, 4) is 5.69 Å². The minimum atomic E-state index is -0.443. The molecule has 0 amide bonds. The molecule has 1 aromatic carbocycles. The van der Waals surface area contributed by atoms with E-state index in [1.54, 1.807) is 23.3 Å². The van der Waals surface area contributed by atoms with E-state index >= 15 is 0 Å². The summed E-state index contributed by atoms with van der Waals surface area (Å²) in [5, 5.41) is 0.0929. The first kappa shape index (κ1) is 18.1. The Morgan fingerprint density at radius 1 is 1.32 bits per heavy atom. The smallest absolute Gasteiger partial charge is 0.318 e. The van der Waals surface area contributed by atoms with Gasteiger partial charge in [-0.1, -0.05) is 17.8 Å². The van der Waals surface area contributed by atoms with E-state index in [0.717, 1.165) is 34.7 Å². The molecule has 0 saturated heterocycles. The van der Waals surface area contributed by atoms with Crippen LogP contribution in [-0.4, -0.2) is 33.6 Å². The summed E-state index contributed by atoms with van der Waals surface area (Å²) in [6.45, 7) is 5.76. The lowest BCUT2D eigenvalue weighted by Crippen LogP contribution is -2.25. The zero-order valence-electron chi connectivity index (χ0n) is 14.7. The van der Waals surface area contributed by atoms with Crippen molar-refractivity contribution in [2.75, 3.05) is 12.9 Å². The van der Waals surface area contributed by atoms with Crippen LogP contribution in [0.3, 0.4) is 0 Å². The number of nitrogens with zero attached hydrogens (tertiary/aromatic N) is 2. The molecule has 1 atom stereocenters. The van der Waals surface area contributed by atoms with E-state index in [4.69, 9.17) is 9.72 Å². The molecule has 25 heavy (non-hydrogen) atoms. The minimum Gasteiger partial charge on any atom is -0.468 e. The lowest BCUT2D eigenvalue weighted by Gasteiger charge is -2.16. The Balaban J connectivity index is 2.18. The first-order chi connectivity index (χ1) is 11.9. The molecular weight excluding hydrogens is 356 g/mol. The fourth-order valence-corrected chi connectivity index (χ4v) is 4.84. The maximum atomic E-state index is 13.1. The van der Waals surface area contributed by atoms with Gasteiger partial charge in [0.15, 0.2) is 5.16 Å². The highest BCUT2D eigenvalue weighted by atomic mass is 32.2. The van der Waals surface area contributed by atoms with Crippen molar-refractivity contribution >= 4 is 29.5 Å². The number of ether oxygens (including phenoxy) is 1. The predicted molar refractivity (Wildman–Crippen MR) is 101 cm³/mol. The van der Waals surface area contributed by atoms with Gasteiger partial charge >= 0.3 is 5.97 Å². The van der Waals surface area contributed by atoms with E-state index in [-0.39, 0.29) is 11.5 Å². The zero-order valence-corrected chi connectivity index (χ0v) is 16.3. The first-order valence-electron chi connectivity index (χ1n) is 8.02. The van der Waals surface area contributed by atoms with Gasteiger partial charge in [-0.15, -0.1) is 11.8 Å². The molecule has 0 unspecified atom stereocenters. The molecule has 1 aromatic heterocycles. The fraction of sp³-hybridized carbons (Fsp3) is 0.389. The van der Waals surface area contributed by atoms with Gasteiger partial charge in [-0.25, -0.2) is 4.98 Å². The van der Waals surface area contributed by atoms with E-state index in [9.17, 15) is 9.59 Å². The molecule has 0 radical (unpaired) electrons. The highest BCUT2D eigenvalue weighted by Gasteiger charge is 2.25. The number of fused-ring (bicyclic) bond motifs is 1. The third kappa shape index (κ3) is 3.62. The summed E-state index contributed by atoms with van der Waals surface area (Å²) in [7, 11) is 1.36. The molecule has 7 heteroatoms. The SMILES string of the molecule is COC(=O)[C@@H](C)Sc1nc2c(c(=O)n1-c1cc(C)cc(C)c1)SCC2. The Morgan fingerprint density at radius 2 is 2.00 bits per heavy atom. The second-order valence-electron chi connectivity index (χ2n) is 6.04. The molecule has 0 aliphatic carbocycles. The Kier molecular flexibility index (Phi) is 5.24. The van der Waals surface area contributed by atoms with Crippen molar-refractivity contribution in [2.45, 2.75) is 42.5 Å². The fourth-order valence-electron chi connectivity index (χ4n) is 2.85. The molecule has 0 saturated carbocycles. The minimum absolute atomic E-state index is 0.0583. The molecule has 2 aromatic rings. The van der Waals surface area contributed by atoms with Gasteiger partial charge in [-0.05, 0) is 44.0 Å². The maximum Gasteiger partial charge on any atom is 0.318 e. The number of aromatic nitrogens is 2. The number of benzene rings is 1. The predicted octanol–water partition coefficient (Wildman–Crippen LogP) is 3.15. The van der Waals surface area contributed by atoms with Crippen LogP contribution >= 0.6 is 23.5 Å². The molecule has 2 heterocycles. The summed E-state index contributed by atoms with van der Waals surface area (Å²) in [6, 6.07) is 6.00. The number of hydrogen-bond donors (Lipinski definition) is 0. The standard InChI is InChI=1S/C18H20N2O3S2/c1-10-7-11(2)9-13(8-10)20-16(21)15-14(5-6-24-15)19-18(20)25-12(3)17(22)23-4/h7-9,12H,5-6H2,1-4H3/t12-/m1/s1. The van der Waals surface area contributed by atoms with Crippen LogP contribution in [0.1, 0.15) is 23.7 Å². The average molecular weight is 377 g/mol. The van der Waals surface area contributed by atoms with Gasteiger partial charge in [-0.2, -0.15) is 0 Å². The van der Waals surface area contributed by atoms with Gasteiger partial charge in [0.1, 0.15) is 5.25 Å². The Hall–Kier alpha value is -1.73. The van der Waals surface area contributed by atoms with E-state index in [1.807, 2.05) is 26.0 Å². The number of esters is 1. The first-order valence-corrected chi connectivity index (χ1v) is 9.89. The van der Waals surface area contributed by atoms with Crippen LogP contribution in [0, 0.1) is 13.8 Å². The summed E-state index contributed by atoms with van der Waals surface area (Å²) >= 11 is 2.81. The molecule has 1 aliphatic heterocycles. The quantitative estimate of drug-likeness (QED) is 0.464. The molecule has 0 N–H and O–H groups in total. The third-order valence-electron chi connectivity index (χ3n) is 3.95. The van der Waals surface area contributed by atoms with Crippen LogP contribution in [0.15, 0.2) is 33.0 Å². The summed E-state index contributed by atoms with van der Waals surface area (Å²) in [5.74, 6) is 0.534. The van der Waals surface area contributed by atoms with E-state index in [2.05, 4.69) is 6.07 Å². The van der Waals surface area contributed by atoms with Gasteiger partial charge in [0, 0.05) is 12.2 Å². The van der Waals surface area contributed by atoms with E-state index < -0.39 is 5.25 Å². The summed E-state index contributed by atoms with van der Waals surface area (Å²) in [4.78, 5) is 30.3. The Morgan fingerprint density at radius 3 is 2.64 bits per heavy atom. The molecule has 3 rings (SSSR count). The van der Waals surface area contributed by atoms with Crippen LogP contribution in [0.4, 0.5) is 0 Å². The number of carbonyl (C=O) groups excluding carboxylic acids is 1. The lowest BCUT2D eigenvalue weighted by atomic mass is 10.1. The normalized spacial score (nSPS) is 14.2. The molecule has 5 nitrogen and oxygen atoms in total. The van der Waals surface area contributed by atoms with Crippen LogP contribution in [-0.2, 0) is 16.0 Å². The zero-order chi connectivity index (χ0) is 18.1. The summed E-state index contributed by atoms with van der Waals surface area (Å²) < 4.78 is 6.44. The van der Waals surface area contributed by atoms with Crippen LogP contribution in [0.5, 0.6) is 0 Å². The molecular formula is C18H20N2O3S2. The van der Waals surface area contributed by atoms with Gasteiger partial charge < -0.3 is 4.74 Å². The molecule has 0 fully saturated rings. The monoisotopic (exact) mass is 376 g/mol. The summed E-state index contributed by atoms with van der Waals surface area (Å²) in [6.07, 6.45) is 0.781. The largest absolute Gasteiger partial charge is 0.468 e. The number of aryl methyl sites for hydroxylation is 3. The second kappa shape index (κ2) is 7.25. The third-order valence-corrected chi connectivity index (χ3v) is 6.08. The van der Waals surface area contributed by atoms with Crippen molar-refractivity contribution in [1.82, 2.24) is 9.55 Å². The number of methoxy groups -OCH3 is 1. The number of thioether (sulfide) groups is 2. The van der Waals surface area contributed by atoms with Crippen LogP contribution in [0.2, 0.25) is 0 Å². The number of hydrogen-bond acceptors (Lipinski definition) is 6.